The molecule has 0 amide bonds. The van der Waals surface area contributed by atoms with Crippen LogP contribution in [0.3, 0.4) is 0 Å². The van der Waals surface area contributed by atoms with Crippen molar-refractivity contribution in [3.8, 4) is 0 Å². The van der Waals surface area contributed by atoms with E-state index >= 15 is 0 Å². The predicted molar refractivity (Wildman–Crippen MR) is 91.9 cm³/mol. The number of halogens is 2. The fourth-order valence-electron chi connectivity index (χ4n) is 4.22. The van der Waals surface area contributed by atoms with E-state index in [0.29, 0.717) is 19.5 Å². The van der Waals surface area contributed by atoms with E-state index in [1.165, 1.54) is 0 Å². The minimum absolute atomic E-state index is 0.129. The number of hydrogen-bond acceptors (Lipinski definition) is 7. The van der Waals surface area contributed by atoms with Crippen LogP contribution in [0.2, 0.25) is 0 Å². The summed E-state index contributed by atoms with van der Waals surface area (Å²) in [5.41, 5.74) is 0. The summed E-state index contributed by atoms with van der Waals surface area (Å²) in [5.74, 6) is -1.91. The van der Waals surface area contributed by atoms with Gasteiger partial charge < -0.3 is 9.69 Å². The number of piperazine rings is 1. The largest absolute Gasteiger partial charge is 0.338 e. The van der Waals surface area contributed by atoms with Crippen molar-refractivity contribution < 1.29 is 13.6 Å². The van der Waals surface area contributed by atoms with E-state index in [-0.39, 0.29) is 25.0 Å². The third-order valence-electron chi connectivity index (χ3n) is 5.63. The van der Waals surface area contributed by atoms with Crippen LogP contribution >= 0.6 is 0 Å². The van der Waals surface area contributed by atoms with E-state index in [2.05, 4.69) is 19.8 Å². The number of aromatic nitrogens is 2. The van der Waals surface area contributed by atoms with E-state index < -0.39 is 5.92 Å². The number of nitrogens with zero attached hydrogens (tertiary/aromatic N) is 6. The average Bonchev–Trinajstić information content (AvgIpc) is 3.25. The zero-order valence-corrected chi connectivity index (χ0v) is 14.7. The molecular weight excluding hydrogens is 342 g/mol. The van der Waals surface area contributed by atoms with Crippen molar-refractivity contribution in [3.05, 3.63) is 18.5 Å². The Bertz CT molecular complexity index is 625. The molecule has 0 N–H and O–H groups in total. The highest BCUT2D eigenvalue weighted by molar-refractivity contribution is 5.58. The number of anilines is 1. The number of hydrazine groups is 1. The van der Waals surface area contributed by atoms with Crippen molar-refractivity contribution >= 4 is 12.2 Å². The van der Waals surface area contributed by atoms with Crippen molar-refractivity contribution in [2.75, 3.05) is 50.7 Å². The van der Waals surface area contributed by atoms with Crippen LogP contribution in [0.25, 0.3) is 0 Å². The second-order valence-corrected chi connectivity index (χ2v) is 7.28. The standard InChI is InChI=1S/C17H24F2N6O/c18-17(19)2-5-24(13-17)25-11-14(10-15(25)12-26)22-6-8-23(9-7-22)16-20-3-1-4-21-16/h1,3-4,12,14-15H,2,5-11,13H2/t14-,15-/m0/s1. The van der Waals surface area contributed by atoms with Gasteiger partial charge in [0.15, 0.2) is 0 Å². The highest BCUT2D eigenvalue weighted by Crippen LogP contribution is 2.32. The van der Waals surface area contributed by atoms with E-state index in [1.54, 1.807) is 23.5 Å². The zero-order chi connectivity index (χ0) is 18.1. The number of carbonyl (C=O) groups is 1. The SMILES string of the molecule is O=C[C@@H]1C[C@H](N2CCN(c3ncccn3)CC2)CN1N1CCC(F)(F)C1. The first-order chi connectivity index (χ1) is 12.6. The van der Waals surface area contributed by atoms with Gasteiger partial charge in [-0.1, -0.05) is 0 Å². The minimum Gasteiger partial charge on any atom is -0.338 e. The maximum Gasteiger partial charge on any atom is 0.263 e. The van der Waals surface area contributed by atoms with Gasteiger partial charge in [0.25, 0.3) is 5.92 Å². The van der Waals surface area contributed by atoms with Gasteiger partial charge in [-0.25, -0.2) is 28.8 Å². The summed E-state index contributed by atoms with van der Waals surface area (Å²) in [7, 11) is 0. The Labute approximate surface area is 151 Å². The summed E-state index contributed by atoms with van der Waals surface area (Å²) in [6, 6.07) is 1.72. The fourth-order valence-corrected chi connectivity index (χ4v) is 4.22. The van der Waals surface area contributed by atoms with E-state index in [0.717, 1.165) is 38.4 Å². The highest BCUT2D eigenvalue weighted by Gasteiger charge is 2.46. The van der Waals surface area contributed by atoms with Gasteiger partial charge in [0.2, 0.25) is 5.95 Å². The van der Waals surface area contributed by atoms with Crippen LogP contribution in [0.15, 0.2) is 18.5 Å². The molecular formula is C17H24F2N6O. The molecule has 0 aliphatic carbocycles. The molecule has 7 nitrogen and oxygen atoms in total. The van der Waals surface area contributed by atoms with Gasteiger partial charge in [0.05, 0.1) is 12.6 Å². The molecule has 0 spiro atoms. The Balaban J connectivity index is 1.35. The zero-order valence-electron chi connectivity index (χ0n) is 14.7. The predicted octanol–water partition coefficient (Wildman–Crippen LogP) is 0.496. The second kappa shape index (κ2) is 7.13. The molecule has 3 aliphatic heterocycles. The van der Waals surface area contributed by atoms with Crippen LogP contribution in [0.4, 0.5) is 14.7 Å². The van der Waals surface area contributed by atoms with Crippen LogP contribution in [0, 0.1) is 0 Å². The van der Waals surface area contributed by atoms with Gasteiger partial charge in [0.1, 0.15) is 6.29 Å². The first kappa shape index (κ1) is 17.7. The summed E-state index contributed by atoms with van der Waals surface area (Å²) in [6.07, 6.45) is 4.96. The van der Waals surface area contributed by atoms with Crippen molar-refractivity contribution in [1.29, 1.82) is 0 Å². The minimum atomic E-state index is -2.65. The number of hydrogen-bond donors (Lipinski definition) is 0. The van der Waals surface area contributed by atoms with Crippen molar-refractivity contribution in [3.63, 3.8) is 0 Å². The van der Waals surface area contributed by atoms with Crippen LogP contribution in [-0.4, -0.2) is 95.0 Å². The number of alkyl halides is 2. The molecule has 3 aliphatic rings. The Morgan fingerprint density at radius 1 is 1.12 bits per heavy atom. The summed E-state index contributed by atoms with van der Waals surface area (Å²) in [4.78, 5) is 24.6. The van der Waals surface area contributed by atoms with Crippen molar-refractivity contribution in [1.82, 2.24) is 24.9 Å². The Kier molecular flexibility index (Phi) is 4.85. The fraction of sp³-hybridized carbons (Fsp3) is 0.706. The molecule has 0 radical (unpaired) electrons. The highest BCUT2D eigenvalue weighted by atomic mass is 19.3. The smallest absolute Gasteiger partial charge is 0.263 e. The molecule has 26 heavy (non-hydrogen) atoms. The average molecular weight is 366 g/mol. The molecule has 1 aromatic rings. The molecule has 2 atom stereocenters. The summed E-state index contributed by atoms with van der Waals surface area (Å²) in [6.45, 7) is 4.06. The quantitative estimate of drug-likeness (QED) is 0.719. The number of rotatable bonds is 4. The molecule has 0 saturated carbocycles. The first-order valence-electron chi connectivity index (χ1n) is 9.16. The second-order valence-electron chi connectivity index (χ2n) is 7.28. The maximum absolute atomic E-state index is 13.6. The monoisotopic (exact) mass is 366 g/mol. The van der Waals surface area contributed by atoms with Crippen LogP contribution in [0.1, 0.15) is 12.8 Å². The molecule has 142 valence electrons. The van der Waals surface area contributed by atoms with Gasteiger partial charge in [-0.2, -0.15) is 0 Å². The third kappa shape index (κ3) is 3.56. The number of carbonyl (C=O) groups excluding carboxylic acids is 1. The lowest BCUT2D eigenvalue weighted by Gasteiger charge is -2.38. The molecule has 0 aromatic carbocycles. The summed E-state index contributed by atoms with van der Waals surface area (Å²) < 4.78 is 27.1. The molecule has 3 fully saturated rings. The number of aldehydes is 1. The molecule has 4 heterocycles. The summed E-state index contributed by atoms with van der Waals surface area (Å²) >= 11 is 0. The molecule has 1 aromatic heterocycles. The lowest BCUT2D eigenvalue weighted by Crippen LogP contribution is -2.52. The summed E-state index contributed by atoms with van der Waals surface area (Å²) in [5, 5.41) is 3.54. The van der Waals surface area contributed by atoms with Crippen LogP contribution < -0.4 is 4.90 Å². The van der Waals surface area contributed by atoms with Gasteiger partial charge in [0, 0.05) is 64.1 Å². The lowest BCUT2D eigenvalue weighted by molar-refractivity contribution is -0.119. The van der Waals surface area contributed by atoms with E-state index in [4.69, 9.17) is 0 Å². The molecule has 9 heteroatoms. The van der Waals surface area contributed by atoms with Gasteiger partial charge in [-0.05, 0) is 12.5 Å². The first-order valence-corrected chi connectivity index (χ1v) is 9.16. The maximum atomic E-state index is 13.6. The van der Waals surface area contributed by atoms with E-state index in [9.17, 15) is 13.6 Å². The normalized spacial score (nSPS) is 30.8. The van der Waals surface area contributed by atoms with Gasteiger partial charge in [-0.15, -0.1) is 0 Å². The molecule has 0 bridgehead atoms. The van der Waals surface area contributed by atoms with Gasteiger partial charge >= 0.3 is 0 Å². The molecule has 0 unspecified atom stereocenters. The van der Waals surface area contributed by atoms with Crippen molar-refractivity contribution in [2.45, 2.75) is 30.8 Å². The van der Waals surface area contributed by atoms with Crippen LogP contribution in [0.5, 0.6) is 0 Å². The third-order valence-corrected chi connectivity index (χ3v) is 5.63. The molecule has 4 rings (SSSR count). The Morgan fingerprint density at radius 3 is 2.46 bits per heavy atom. The molecule has 3 saturated heterocycles. The Hall–Kier alpha value is -1.71. The van der Waals surface area contributed by atoms with E-state index in [1.807, 2.05) is 5.01 Å². The van der Waals surface area contributed by atoms with Crippen molar-refractivity contribution in [2.24, 2.45) is 0 Å². The topological polar surface area (TPSA) is 55.8 Å². The van der Waals surface area contributed by atoms with Gasteiger partial charge in [-0.3, -0.25) is 4.90 Å². The van der Waals surface area contributed by atoms with Crippen LogP contribution in [-0.2, 0) is 4.79 Å². The lowest BCUT2D eigenvalue weighted by atomic mass is 10.1. The Morgan fingerprint density at radius 2 is 1.85 bits per heavy atom.